The second-order valence-electron chi connectivity index (χ2n) is 7.30. The maximum absolute atomic E-state index is 4.44. The number of nitrogens with one attached hydrogen (secondary N) is 1. The quantitative estimate of drug-likeness (QED) is 0.755. The number of hydrogen-bond donors (Lipinski definition) is 1. The van der Waals surface area contributed by atoms with Crippen LogP contribution in [0.2, 0.25) is 0 Å². The first-order valence-electron chi connectivity index (χ1n) is 9.09. The molecule has 1 N–H and O–H groups in total. The van der Waals surface area contributed by atoms with Crippen molar-refractivity contribution in [1.29, 1.82) is 0 Å². The minimum absolute atomic E-state index is 0.446. The van der Waals surface area contributed by atoms with E-state index in [-0.39, 0.29) is 0 Å². The molecule has 3 nitrogen and oxygen atoms in total. The van der Waals surface area contributed by atoms with Gasteiger partial charge < -0.3 is 5.32 Å². The minimum atomic E-state index is 0.446. The van der Waals surface area contributed by atoms with Crippen LogP contribution in [0.5, 0.6) is 0 Å². The Morgan fingerprint density at radius 2 is 1.62 bits per heavy atom. The maximum atomic E-state index is 4.44. The van der Waals surface area contributed by atoms with Crippen molar-refractivity contribution >= 4 is 0 Å². The van der Waals surface area contributed by atoms with Crippen LogP contribution in [0.4, 0.5) is 0 Å². The Balaban J connectivity index is 1.79. The molecule has 0 aliphatic rings. The van der Waals surface area contributed by atoms with E-state index in [0.717, 1.165) is 25.8 Å². The van der Waals surface area contributed by atoms with E-state index in [1.807, 2.05) is 30.9 Å². The topological polar surface area (TPSA) is 37.8 Å². The first kappa shape index (κ1) is 18.6. The third kappa shape index (κ3) is 6.40. The van der Waals surface area contributed by atoms with Crippen molar-refractivity contribution in [2.45, 2.75) is 53.0 Å². The third-order valence-corrected chi connectivity index (χ3v) is 4.72. The fraction of sp³-hybridized carbons (Fsp3) is 0.524. The zero-order chi connectivity index (χ0) is 17.4. The van der Waals surface area contributed by atoms with Gasteiger partial charge >= 0.3 is 0 Å². The van der Waals surface area contributed by atoms with Gasteiger partial charge in [-0.25, -0.2) is 0 Å². The molecule has 2 aromatic rings. The van der Waals surface area contributed by atoms with Gasteiger partial charge in [-0.2, -0.15) is 0 Å². The van der Waals surface area contributed by atoms with Crippen LogP contribution in [-0.4, -0.2) is 22.6 Å². The van der Waals surface area contributed by atoms with Gasteiger partial charge in [0.25, 0.3) is 0 Å². The molecule has 0 aliphatic heterocycles. The summed E-state index contributed by atoms with van der Waals surface area (Å²) in [5.74, 6) is 1.40. The van der Waals surface area contributed by atoms with Crippen LogP contribution in [0.1, 0.15) is 44.4 Å². The van der Waals surface area contributed by atoms with Gasteiger partial charge in [0.05, 0.1) is 0 Å². The highest BCUT2D eigenvalue weighted by Crippen LogP contribution is 2.17. The molecule has 130 valence electrons. The highest BCUT2D eigenvalue weighted by molar-refractivity contribution is 5.19. The van der Waals surface area contributed by atoms with Gasteiger partial charge in [-0.1, -0.05) is 32.9 Å². The van der Waals surface area contributed by atoms with Gasteiger partial charge in [-0.15, -0.1) is 0 Å². The fourth-order valence-corrected chi connectivity index (χ4v) is 2.81. The van der Waals surface area contributed by atoms with Crippen molar-refractivity contribution in [1.82, 2.24) is 15.3 Å². The summed E-state index contributed by atoms with van der Waals surface area (Å²) >= 11 is 0. The number of rotatable bonds is 9. The normalized spacial score (nSPS) is 13.9. The Kier molecular flexibility index (Phi) is 7.38. The van der Waals surface area contributed by atoms with Crippen molar-refractivity contribution < 1.29 is 0 Å². The second kappa shape index (κ2) is 9.53. The Morgan fingerprint density at radius 3 is 2.29 bits per heavy atom. The zero-order valence-electron chi connectivity index (χ0n) is 15.5. The first-order valence-corrected chi connectivity index (χ1v) is 9.09. The van der Waals surface area contributed by atoms with E-state index < -0.39 is 0 Å². The number of aromatic nitrogens is 2. The molecule has 0 radical (unpaired) electrons. The largest absolute Gasteiger partial charge is 0.314 e. The lowest BCUT2D eigenvalue weighted by atomic mass is 9.91. The molecule has 0 aliphatic carbocycles. The van der Waals surface area contributed by atoms with Gasteiger partial charge in [-0.05, 0) is 67.3 Å². The van der Waals surface area contributed by atoms with E-state index in [9.17, 15) is 0 Å². The summed E-state index contributed by atoms with van der Waals surface area (Å²) in [6.07, 6.45) is 10.9. The Bertz CT molecular complexity index is 595. The molecule has 0 aromatic carbocycles. The smallest absolute Gasteiger partial charge is 0.0300 e. The summed E-state index contributed by atoms with van der Waals surface area (Å²) in [6, 6.07) is 6.89. The molecule has 0 bridgehead atoms. The lowest BCUT2D eigenvalue weighted by Crippen LogP contribution is -2.30. The van der Waals surface area contributed by atoms with E-state index in [2.05, 4.69) is 55.1 Å². The van der Waals surface area contributed by atoms with E-state index in [1.165, 1.54) is 16.7 Å². The SMILES string of the molecule is CC(Cc1cncc(CC(C)C(C)C)c1)NCCc1cccnc1. The molecule has 2 rings (SSSR count). The first-order chi connectivity index (χ1) is 11.5. The molecule has 2 aromatic heterocycles. The Morgan fingerprint density at radius 1 is 0.917 bits per heavy atom. The fourth-order valence-electron chi connectivity index (χ4n) is 2.81. The number of pyridine rings is 2. The van der Waals surface area contributed by atoms with Crippen LogP contribution in [0.15, 0.2) is 43.0 Å². The van der Waals surface area contributed by atoms with E-state index >= 15 is 0 Å². The lowest BCUT2D eigenvalue weighted by Gasteiger charge is -2.17. The summed E-state index contributed by atoms with van der Waals surface area (Å²) in [5.41, 5.74) is 3.96. The molecule has 0 fully saturated rings. The summed E-state index contributed by atoms with van der Waals surface area (Å²) in [5, 5.41) is 3.60. The monoisotopic (exact) mass is 325 g/mol. The van der Waals surface area contributed by atoms with Crippen LogP contribution in [0, 0.1) is 11.8 Å². The minimum Gasteiger partial charge on any atom is -0.314 e. The van der Waals surface area contributed by atoms with Gasteiger partial charge in [0.1, 0.15) is 0 Å². The predicted octanol–water partition coefficient (Wildman–Crippen LogP) is 4.07. The Labute approximate surface area is 146 Å². The van der Waals surface area contributed by atoms with Crippen LogP contribution in [0.3, 0.4) is 0 Å². The molecule has 0 amide bonds. The molecule has 0 saturated heterocycles. The molecule has 3 heteroatoms. The van der Waals surface area contributed by atoms with Crippen LogP contribution < -0.4 is 5.32 Å². The van der Waals surface area contributed by atoms with E-state index in [4.69, 9.17) is 0 Å². The molecule has 0 saturated carbocycles. The highest BCUT2D eigenvalue weighted by Gasteiger charge is 2.10. The van der Waals surface area contributed by atoms with Gasteiger partial charge in [0, 0.05) is 30.8 Å². The zero-order valence-corrected chi connectivity index (χ0v) is 15.5. The standard InChI is InChI=1S/C21H31N3/c1-16(2)17(3)10-20-12-21(15-23-14-20)11-18(4)24-9-7-19-6-5-8-22-13-19/h5-6,8,12-18,24H,7,9-11H2,1-4H3. The molecule has 2 atom stereocenters. The number of hydrogen-bond acceptors (Lipinski definition) is 3. The highest BCUT2D eigenvalue weighted by atomic mass is 14.9. The average Bonchev–Trinajstić information content (AvgIpc) is 2.56. The summed E-state index contributed by atoms with van der Waals surface area (Å²) in [6.45, 7) is 10.1. The van der Waals surface area contributed by atoms with Gasteiger partial charge in [0.15, 0.2) is 0 Å². The van der Waals surface area contributed by atoms with Gasteiger partial charge in [0.2, 0.25) is 0 Å². The number of nitrogens with zero attached hydrogens (tertiary/aromatic N) is 2. The molecule has 0 spiro atoms. The average molecular weight is 326 g/mol. The predicted molar refractivity (Wildman–Crippen MR) is 101 cm³/mol. The van der Waals surface area contributed by atoms with Crippen molar-refractivity contribution in [3.63, 3.8) is 0 Å². The second-order valence-corrected chi connectivity index (χ2v) is 7.30. The third-order valence-electron chi connectivity index (χ3n) is 4.72. The maximum Gasteiger partial charge on any atom is 0.0300 e. The lowest BCUT2D eigenvalue weighted by molar-refractivity contribution is 0.417. The van der Waals surface area contributed by atoms with Crippen LogP contribution in [-0.2, 0) is 19.3 Å². The van der Waals surface area contributed by atoms with Gasteiger partial charge in [-0.3, -0.25) is 9.97 Å². The summed E-state index contributed by atoms with van der Waals surface area (Å²) < 4.78 is 0. The molecular formula is C21H31N3. The van der Waals surface area contributed by atoms with Crippen molar-refractivity contribution in [3.8, 4) is 0 Å². The van der Waals surface area contributed by atoms with Crippen LogP contribution in [0.25, 0.3) is 0 Å². The Hall–Kier alpha value is -1.74. The van der Waals surface area contributed by atoms with E-state index in [1.54, 1.807) is 0 Å². The summed E-state index contributed by atoms with van der Waals surface area (Å²) in [7, 11) is 0. The van der Waals surface area contributed by atoms with Crippen molar-refractivity contribution in [3.05, 3.63) is 59.7 Å². The molecule has 2 heterocycles. The molecule has 24 heavy (non-hydrogen) atoms. The van der Waals surface area contributed by atoms with Crippen molar-refractivity contribution in [2.24, 2.45) is 11.8 Å². The van der Waals surface area contributed by atoms with Crippen LogP contribution >= 0.6 is 0 Å². The summed E-state index contributed by atoms with van der Waals surface area (Å²) in [4.78, 5) is 8.60. The molecular weight excluding hydrogens is 294 g/mol. The van der Waals surface area contributed by atoms with Crippen molar-refractivity contribution in [2.75, 3.05) is 6.54 Å². The molecule has 2 unspecified atom stereocenters. The van der Waals surface area contributed by atoms with E-state index in [0.29, 0.717) is 17.9 Å².